The van der Waals surface area contributed by atoms with Crippen LogP contribution in [0.3, 0.4) is 0 Å². The zero-order valence-corrected chi connectivity index (χ0v) is 22.1. The van der Waals surface area contributed by atoms with Gasteiger partial charge in [-0.15, -0.1) is 11.3 Å². The number of amides is 1. The van der Waals surface area contributed by atoms with Crippen LogP contribution in [0, 0.1) is 19.8 Å². The quantitative estimate of drug-likeness (QED) is 0.458. The van der Waals surface area contributed by atoms with E-state index in [9.17, 15) is 18.0 Å². The summed E-state index contributed by atoms with van der Waals surface area (Å²) in [5.74, 6) is -1.13. The molecule has 1 saturated heterocycles. The Labute approximate surface area is 210 Å². The number of aromatic nitrogens is 1. The van der Waals surface area contributed by atoms with Crippen LogP contribution in [0.1, 0.15) is 24.0 Å². The van der Waals surface area contributed by atoms with Crippen molar-refractivity contribution in [1.82, 2.24) is 8.87 Å². The number of sulfonamides is 1. The number of thiazole rings is 1. The Morgan fingerprint density at radius 3 is 2.50 bits per heavy atom. The maximum absolute atomic E-state index is 13.1. The average Bonchev–Trinajstić information content (AvgIpc) is 3.38. The molecule has 1 aliphatic rings. The first kappa shape index (κ1) is 25.1. The number of esters is 1. The van der Waals surface area contributed by atoms with E-state index in [0.717, 1.165) is 32.7 Å². The molecule has 2 aromatic heterocycles. The number of benzene rings is 1. The number of aryl methyl sites for hydroxylation is 2. The predicted molar refractivity (Wildman–Crippen MR) is 133 cm³/mol. The molecule has 182 valence electrons. The SMILES string of the molecule is COC(=O)Cn1c(=NC(=O)C2CCN(S(=O)(=O)c3ccc(Cl)s3)CC2)sc2c(C)cc(C)cc21. The van der Waals surface area contributed by atoms with E-state index in [1.165, 1.54) is 28.8 Å². The molecule has 0 saturated carbocycles. The van der Waals surface area contributed by atoms with E-state index in [4.69, 9.17) is 16.3 Å². The number of fused-ring (bicyclic) bond motifs is 1. The largest absolute Gasteiger partial charge is 0.468 e. The highest BCUT2D eigenvalue weighted by molar-refractivity contribution is 7.91. The van der Waals surface area contributed by atoms with Crippen molar-refractivity contribution in [3.63, 3.8) is 0 Å². The van der Waals surface area contributed by atoms with Crippen molar-refractivity contribution in [2.24, 2.45) is 10.9 Å². The number of piperidine rings is 1. The van der Waals surface area contributed by atoms with Crippen LogP contribution < -0.4 is 4.80 Å². The maximum atomic E-state index is 13.1. The highest BCUT2D eigenvalue weighted by Gasteiger charge is 2.33. The lowest BCUT2D eigenvalue weighted by Gasteiger charge is -2.29. The van der Waals surface area contributed by atoms with E-state index in [1.54, 1.807) is 10.6 Å². The number of ether oxygens (including phenoxy) is 1. The van der Waals surface area contributed by atoms with Crippen molar-refractivity contribution in [3.8, 4) is 0 Å². The number of carbonyl (C=O) groups is 2. The van der Waals surface area contributed by atoms with Crippen LogP contribution in [-0.4, -0.2) is 49.4 Å². The monoisotopic (exact) mass is 541 g/mol. The second-order valence-corrected chi connectivity index (χ2v) is 13.0. The summed E-state index contributed by atoms with van der Waals surface area (Å²) in [7, 11) is -2.31. The number of hydrogen-bond acceptors (Lipinski definition) is 7. The van der Waals surface area contributed by atoms with Crippen LogP contribution in [0.15, 0.2) is 33.5 Å². The number of thiophene rings is 1. The first-order valence-electron chi connectivity index (χ1n) is 10.6. The van der Waals surface area contributed by atoms with Crippen molar-refractivity contribution in [2.75, 3.05) is 20.2 Å². The molecule has 0 unspecified atom stereocenters. The van der Waals surface area contributed by atoms with Crippen LogP contribution in [0.5, 0.6) is 0 Å². The number of rotatable bonds is 5. The maximum Gasteiger partial charge on any atom is 0.325 e. The molecule has 1 fully saturated rings. The molecule has 1 aromatic carbocycles. The van der Waals surface area contributed by atoms with Crippen molar-refractivity contribution in [3.05, 3.63) is 44.5 Å². The van der Waals surface area contributed by atoms with E-state index < -0.39 is 21.9 Å². The summed E-state index contributed by atoms with van der Waals surface area (Å²) >= 11 is 8.28. The van der Waals surface area contributed by atoms with E-state index in [-0.39, 0.29) is 29.8 Å². The third-order valence-electron chi connectivity index (χ3n) is 5.78. The third-order valence-corrected chi connectivity index (χ3v) is 10.6. The molecule has 8 nitrogen and oxygen atoms in total. The standard InChI is InChI=1S/C22H24ClN3O5S3/c1-13-10-14(2)20-16(11-13)26(12-18(27)31-3)22(33-20)24-21(28)15-6-8-25(9-7-15)34(29,30)19-5-4-17(23)32-19/h4-5,10-11,15H,6-9,12H2,1-3H3. The summed E-state index contributed by atoms with van der Waals surface area (Å²) in [4.78, 5) is 29.9. The topological polar surface area (TPSA) is 98.0 Å². The average molecular weight is 542 g/mol. The van der Waals surface area contributed by atoms with Gasteiger partial charge in [-0.05, 0) is 56.0 Å². The van der Waals surface area contributed by atoms with Crippen molar-refractivity contribution >= 4 is 66.4 Å². The fraction of sp³-hybridized carbons (Fsp3) is 0.409. The number of halogens is 1. The first-order valence-corrected chi connectivity index (χ1v) is 14.1. The van der Waals surface area contributed by atoms with Gasteiger partial charge in [0.25, 0.3) is 15.9 Å². The van der Waals surface area contributed by atoms with Crippen molar-refractivity contribution in [1.29, 1.82) is 0 Å². The third kappa shape index (κ3) is 4.99. The lowest BCUT2D eigenvalue weighted by atomic mass is 9.98. The second-order valence-electron chi connectivity index (χ2n) is 8.16. The van der Waals surface area contributed by atoms with Crippen LogP contribution in [-0.2, 0) is 30.9 Å². The summed E-state index contributed by atoms with van der Waals surface area (Å²) in [5, 5.41) is 0. The summed E-state index contributed by atoms with van der Waals surface area (Å²) in [6.45, 7) is 4.37. The fourth-order valence-corrected chi connectivity index (χ4v) is 8.23. The van der Waals surface area contributed by atoms with Crippen LogP contribution in [0.4, 0.5) is 0 Å². The van der Waals surface area contributed by atoms with Gasteiger partial charge in [-0.1, -0.05) is 29.0 Å². The van der Waals surface area contributed by atoms with Gasteiger partial charge in [0.05, 0.1) is 21.7 Å². The number of carbonyl (C=O) groups excluding carboxylic acids is 2. The Kier molecular flexibility index (Phi) is 7.30. The summed E-state index contributed by atoms with van der Waals surface area (Å²) in [5.41, 5.74) is 2.91. The normalized spacial score (nSPS) is 16.3. The number of hydrogen-bond donors (Lipinski definition) is 0. The van der Waals surface area contributed by atoms with Gasteiger partial charge in [0.1, 0.15) is 10.8 Å². The van der Waals surface area contributed by atoms with E-state index >= 15 is 0 Å². The minimum Gasteiger partial charge on any atom is -0.468 e. The van der Waals surface area contributed by atoms with E-state index in [0.29, 0.717) is 22.0 Å². The molecule has 0 radical (unpaired) electrons. The summed E-state index contributed by atoms with van der Waals surface area (Å²) in [6, 6.07) is 7.07. The molecule has 0 atom stereocenters. The smallest absolute Gasteiger partial charge is 0.325 e. The number of nitrogens with zero attached hydrogens (tertiary/aromatic N) is 3. The van der Waals surface area contributed by atoms with E-state index in [2.05, 4.69) is 4.99 Å². The lowest BCUT2D eigenvalue weighted by molar-refractivity contribution is -0.141. The van der Waals surface area contributed by atoms with Crippen molar-refractivity contribution < 1.29 is 22.7 Å². The second kappa shape index (κ2) is 9.90. The zero-order chi connectivity index (χ0) is 24.6. The van der Waals surface area contributed by atoms with Gasteiger partial charge in [-0.25, -0.2) is 8.42 Å². The van der Waals surface area contributed by atoms with Gasteiger partial charge in [0, 0.05) is 19.0 Å². The molecule has 1 aliphatic heterocycles. The van der Waals surface area contributed by atoms with Crippen LogP contribution in [0.2, 0.25) is 4.34 Å². The highest BCUT2D eigenvalue weighted by Crippen LogP contribution is 2.31. The molecule has 3 aromatic rings. The van der Waals surface area contributed by atoms with Crippen LogP contribution >= 0.6 is 34.3 Å². The Balaban J connectivity index is 1.59. The Morgan fingerprint density at radius 1 is 1.18 bits per heavy atom. The molecule has 34 heavy (non-hydrogen) atoms. The molecule has 1 amide bonds. The lowest BCUT2D eigenvalue weighted by Crippen LogP contribution is -2.40. The van der Waals surface area contributed by atoms with Gasteiger partial charge in [-0.2, -0.15) is 9.30 Å². The molecule has 0 bridgehead atoms. The predicted octanol–water partition coefficient (Wildman–Crippen LogP) is 3.74. The van der Waals surface area contributed by atoms with Crippen molar-refractivity contribution in [2.45, 2.75) is 37.4 Å². The number of methoxy groups -OCH3 is 1. The molecular formula is C22H24ClN3O5S3. The van der Waals surface area contributed by atoms with E-state index in [1.807, 2.05) is 26.0 Å². The summed E-state index contributed by atoms with van der Waals surface area (Å²) in [6.07, 6.45) is 0.751. The molecule has 4 rings (SSSR count). The summed E-state index contributed by atoms with van der Waals surface area (Å²) < 4.78 is 35.2. The Hall–Kier alpha value is -2.05. The van der Waals surface area contributed by atoms with Crippen LogP contribution in [0.25, 0.3) is 10.2 Å². The Morgan fingerprint density at radius 2 is 1.88 bits per heavy atom. The Bertz CT molecular complexity index is 1430. The molecule has 0 aliphatic carbocycles. The highest BCUT2D eigenvalue weighted by atomic mass is 35.5. The molecule has 3 heterocycles. The fourth-order valence-electron chi connectivity index (χ4n) is 4.04. The minimum atomic E-state index is -3.63. The van der Waals surface area contributed by atoms with Gasteiger partial charge >= 0.3 is 5.97 Å². The van der Waals surface area contributed by atoms with Gasteiger partial charge < -0.3 is 9.30 Å². The molecule has 0 N–H and O–H groups in total. The first-order chi connectivity index (χ1) is 16.1. The van der Waals surface area contributed by atoms with Gasteiger partial charge in [0.15, 0.2) is 4.80 Å². The molecule has 12 heteroatoms. The van der Waals surface area contributed by atoms with Gasteiger partial charge in [-0.3, -0.25) is 9.59 Å². The zero-order valence-electron chi connectivity index (χ0n) is 18.9. The minimum absolute atomic E-state index is 0.0500. The molecular weight excluding hydrogens is 518 g/mol. The molecule has 0 spiro atoms. The van der Waals surface area contributed by atoms with Gasteiger partial charge in [0.2, 0.25) is 0 Å².